The van der Waals surface area contributed by atoms with Gasteiger partial charge in [0.05, 0.1) is 19.6 Å². The number of sulfone groups is 2. The molecule has 4 aromatic carbocycles. The zero-order chi connectivity index (χ0) is 32.3. The van der Waals surface area contributed by atoms with Gasteiger partial charge in [0, 0.05) is 0 Å². The highest BCUT2D eigenvalue weighted by molar-refractivity contribution is 7.91. The fourth-order valence-electron chi connectivity index (χ4n) is 4.20. The maximum absolute atomic E-state index is 15.5. The molecule has 2 atom stereocenters. The van der Waals surface area contributed by atoms with Crippen LogP contribution >= 0.6 is 0 Å². The standard InChI is InChI=1S/C28H16F8O6S2/c29-17-1-9-21(10-2-17)43(37,38)23-13-5-19(6-14-23)41-27(35)25(31,32)26(33,34)28(27,36)42-20-7-15-24(16-8-20)44(39,40)22-11-3-18(30)4-12-22/h1-16H. The van der Waals surface area contributed by atoms with E-state index < -0.39 is 76.2 Å². The Balaban J connectivity index is 1.41. The van der Waals surface area contributed by atoms with Crippen molar-refractivity contribution in [2.24, 2.45) is 0 Å². The van der Waals surface area contributed by atoms with Crippen molar-refractivity contribution in [2.45, 2.75) is 43.1 Å². The van der Waals surface area contributed by atoms with Crippen LogP contribution in [0.1, 0.15) is 0 Å². The summed E-state index contributed by atoms with van der Waals surface area (Å²) in [6.45, 7) is 0. The molecule has 44 heavy (non-hydrogen) atoms. The molecule has 0 aliphatic heterocycles. The molecule has 232 valence electrons. The number of hydrogen-bond acceptors (Lipinski definition) is 6. The predicted octanol–water partition coefficient (Wildman–Crippen LogP) is 6.70. The van der Waals surface area contributed by atoms with Crippen LogP contribution in [0.5, 0.6) is 11.5 Å². The molecule has 0 aromatic heterocycles. The van der Waals surface area contributed by atoms with Gasteiger partial charge in [0.2, 0.25) is 19.7 Å². The Morgan fingerprint density at radius 1 is 0.409 bits per heavy atom. The van der Waals surface area contributed by atoms with Gasteiger partial charge in [0.25, 0.3) is 0 Å². The van der Waals surface area contributed by atoms with Crippen molar-refractivity contribution in [3.05, 3.63) is 109 Å². The summed E-state index contributed by atoms with van der Waals surface area (Å²) < 4.78 is 174. The molecule has 2 unspecified atom stereocenters. The van der Waals surface area contributed by atoms with Crippen molar-refractivity contribution in [1.29, 1.82) is 0 Å². The minimum atomic E-state index is -5.81. The highest BCUT2D eigenvalue weighted by Gasteiger charge is 3.03. The largest absolute Gasteiger partial charge is 0.447 e. The summed E-state index contributed by atoms with van der Waals surface area (Å²) >= 11 is 0. The highest BCUT2D eigenvalue weighted by Crippen LogP contribution is 2.68. The minimum absolute atomic E-state index is 0.368. The van der Waals surface area contributed by atoms with Crippen LogP contribution in [0, 0.1) is 11.6 Å². The Labute approximate surface area is 244 Å². The summed E-state index contributed by atoms with van der Waals surface area (Å²) in [7, 11) is -8.58. The van der Waals surface area contributed by atoms with Gasteiger partial charge >= 0.3 is 23.6 Å². The lowest BCUT2D eigenvalue weighted by atomic mass is 9.76. The number of ether oxygens (including phenoxy) is 2. The van der Waals surface area contributed by atoms with Crippen molar-refractivity contribution in [3.8, 4) is 11.5 Å². The number of hydrogen-bond donors (Lipinski definition) is 0. The highest BCUT2D eigenvalue weighted by atomic mass is 32.2. The predicted molar refractivity (Wildman–Crippen MR) is 135 cm³/mol. The first-order chi connectivity index (χ1) is 20.4. The maximum atomic E-state index is 15.5. The second-order valence-corrected chi connectivity index (χ2v) is 13.3. The van der Waals surface area contributed by atoms with Gasteiger partial charge in [0.1, 0.15) is 23.1 Å². The van der Waals surface area contributed by atoms with Crippen LogP contribution in [0.15, 0.2) is 117 Å². The van der Waals surface area contributed by atoms with Gasteiger partial charge in [-0.15, -0.1) is 0 Å². The van der Waals surface area contributed by atoms with E-state index in [1.54, 1.807) is 0 Å². The molecule has 0 heterocycles. The van der Waals surface area contributed by atoms with E-state index in [1.165, 1.54) is 0 Å². The zero-order valence-electron chi connectivity index (χ0n) is 21.5. The Kier molecular flexibility index (Phi) is 7.24. The molecule has 5 rings (SSSR count). The average molecular weight is 665 g/mol. The third kappa shape index (κ3) is 4.58. The third-order valence-corrected chi connectivity index (χ3v) is 10.2. The van der Waals surface area contributed by atoms with Crippen LogP contribution in [-0.4, -0.2) is 40.4 Å². The van der Waals surface area contributed by atoms with Gasteiger partial charge < -0.3 is 9.47 Å². The number of halogens is 8. The lowest BCUT2D eigenvalue weighted by molar-refractivity contribution is -0.527. The molecule has 0 N–H and O–H groups in total. The molecule has 0 amide bonds. The molecule has 4 aromatic rings. The second-order valence-electron chi connectivity index (χ2n) is 9.40. The quantitative estimate of drug-likeness (QED) is 0.154. The lowest BCUT2D eigenvalue weighted by Gasteiger charge is -2.55. The molecule has 1 saturated carbocycles. The topological polar surface area (TPSA) is 86.7 Å². The third-order valence-electron chi connectivity index (χ3n) is 6.65. The summed E-state index contributed by atoms with van der Waals surface area (Å²) in [6, 6.07) is 12.5. The fourth-order valence-corrected chi connectivity index (χ4v) is 6.72. The average Bonchev–Trinajstić information content (AvgIpc) is 2.97. The molecule has 16 heteroatoms. The van der Waals surface area contributed by atoms with Crippen LogP contribution in [-0.2, 0) is 19.7 Å². The van der Waals surface area contributed by atoms with E-state index in [9.17, 15) is 43.2 Å². The molecule has 0 radical (unpaired) electrons. The SMILES string of the molecule is O=S(=O)(c1ccc(F)cc1)c1ccc(OC2(F)C(F)(F)C(F)(F)C2(F)Oc2ccc(S(=O)(=O)c3ccc(F)cc3)cc2)cc1. The van der Waals surface area contributed by atoms with Crippen molar-refractivity contribution >= 4 is 19.7 Å². The number of benzene rings is 4. The minimum Gasteiger partial charge on any atom is -0.447 e. The maximum Gasteiger partial charge on any atom is 0.395 e. The van der Waals surface area contributed by atoms with Crippen LogP contribution in [0.3, 0.4) is 0 Å². The summed E-state index contributed by atoms with van der Waals surface area (Å²) in [5.41, 5.74) is 0. The summed E-state index contributed by atoms with van der Waals surface area (Å²) in [6.07, 6.45) is 0. The first-order valence-electron chi connectivity index (χ1n) is 12.1. The molecule has 6 nitrogen and oxygen atoms in total. The Morgan fingerprint density at radius 2 is 0.636 bits per heavy atom. The van der Waals surface area contributed by atoms with E-state index in [0.29, 0.717) is 24.3 Å². The van der Waals surface area contributed by atoms with E-state index in [-0.39, 0.29) is 9.79 Å². The van der Waals surface area contributed by atoms with Gasteiger partial charge in [0.15, 0.2) is 0 Å². The van der Waals surface area contributed by atoms with Crippen molar-refractivity contribution < 1.29 is 61.4 Å². The van der Waals surface area contributed by atoms with Crippen molar-refractivity contribution in [2.75, 3.05) is 0 Å². The van der Waals surface area contributed by atoms with Gasteiger partial charge in [-0.05, 0) is 97.1 Å². The molecule has 1 fully saturated rings. The zero-order valence-corrected chi connectivity index (χ0v) is 23.2. The smallest absolute Gasteiger partial charge is 0.395 e. The van der Waals surface area contributed by atoms with Gasteiger partial charge in [-0.2, -0.15) is 26.3 Å². The van der Waals surface area contributed by atoms with Gasteiger partial charge in [-0.1, -0.05) is 0 Å². The fraction of sp³-hybridized carbons (Fsp3) is 0.143. The normalized spacial score (nSPS) is 22.5. The molecule has 0 spiro atoms. The Hall–Kier alpha value is -4.18. The van der Waals surface area contributed by atoms with E-state index in [4.69, 9.17) is 0 Å². The van der Waals surface area contributed by atoms with Crippen molar-refractivity contribution in [1.82, 2.24) is 0 Å². The summed E-state index contributed by atoms with van der Waals surface area (Å²) in [4.78, 5) is -1.75. The van der Waals surface area contributed by atoms with Crippen LogP contribution < -0.4 is 9.47 Å². The first-order valence-corrected chi connectivity index (χ1v) is 15.1. The lowest BCUT2D eigenvalue weighted by Crippen LogP contribution is -2.89. The van der Waals surface area contributed by atoms with Crippen LogP contribution in [0.4, 0.5) is 35.1 Å². The monoisotopic (exact) mass is 664 g/mol. The summed E-state index contributed by atoms with van der Waals surface area (Å²) in [5.74, 6) is -25.4. The molecule has 0 saturated heterocycles. The van der Waals surface area contributed by atoms with Crippen molar-refractivity contribution in [3.63, 3.8) is 0 Å². The molecular weight excluding hydrogens is 648 g/mol. The van der Waals surface area contributed by atoms with Gasteiger partial charge in [-0.25, -0.2) is 25.6 Å². The van der Waals surface area contributed by atoms with E-state index in [1.807, 2.05) is 0 Å². The number of alkyl halides is 6. The Morgan fingerprint density at radius 3 is 0.886 bits per heavy atom. The second kappa shape index (κ2) is 10.2. The number of rotatable bonds is 8. The summed E-state index contributed by atoms with van der Waals surface area (Å²) in [5, 5.41) is 0. The van der Waals surface area contributed by atoms with E-state index in [0.717, 1.165) is 72.8 Å². The molecule has 1 aliphatic rings. The van der Waals surface area contributed by atoms with Crippen LogP contribution in [0.25, 0.3) is 0 Å². The van der Waals surface area contributed by atoms with E-state index in [2.05, 4.69) is 9.47 Å². The molecular formula is C28H16F8O6S2. The molecule has 0 bridgehead atoms. The van der Waals surface area contributed by atoms with Gasteiger partial charge in [-0.3, -0.25) is 0 Å². The van der Waals surface area contributed by atoms with Crippen LogP contribution in [0.2, 0.25) is 0 Å². The van der Waals surface area contributed by atoms with E-state index >= 15 is 8.78 Å². The Bertz CT molecular complexity index is 1780. The molecule has 1 aliphatic carbocycles. The first kappa shape index (κ1) is 31.3.